The number of nitrogens with zero attached hydrogens (tertiary/aromatic N) is 6. The number of aryl methyl sites for hydroxylation is 2. The number of hydrogen-bond acceptors (Lipinski definition) is 12. The molecule has 0 amide bonds. The summed E-state index contributed by atoms with van der Waals surface area (Å²) < 4.78 is 85.3. The van der Waals surface area contributed by atoms with Gasteiger partial charge in [0.15, 0.2) is 15.7 Å². The van der Waals surface area contributed by atoms with Crippen LogP contribution < -0.4 is 18.9 Å². The van der Waals surface area contributed by atoms with E-state index in [0.717, 1.165) is 33.8 Å². The van der Waals surface area contributed by atoms with Crippen LogP contribution in [0.3, 0.4) is 0 Å². The Bertz CT molecular complexity index is 2480. The SMILES string of the molecule is COc1ccc(CN(Cc2ccc(OC)cc2)S(=O)(=O)c2cc(C3(O)COC3)n(C)n2)cc1.COc1ccc(CN(Cc2ccc(OC)cc2)S(=O)(=O)c2ccn(C)n2)cc1. The zero-order valence-corrected chi connectivity index (χ0v) is 36.5. The average molecular weight is 875 g/mol. The van der Waals surface area contributed by atoms with E-state index in [1.807, 2.05) is 72.8 Å². The standard InChI is InChI=1S/C23H27N3O6S.C20H23N3O4S/c1-25-21(23(27)15-32-16-23)12-22(24-25)33(28,29)26(13-17-4-8-19(30-2)9-5-17)14-18-6-10-20(31-3)11-7-18;1-22-13-12-20(21-22)28(24,25)23(14-16-4-8-18(26-2)9-5-16)15-17-6-10-19(27-3)11-7-17/h4-12,27H,13-16H2,1-3H3;4-13H,14-15H2,1-3H3. The van der Waals surface area contributed by atoms with Crippen molar-refractivity contribution in [1.29, 1.82) is 0 Å². The Hall–Kier alpha value is -5.76. The lowest BCUT2D eigenvalue weighted by Crippen LogP contribution is -2.47. The minimum atomic E-state index is -3.99. The van der Waals surface area contributed by atoms with E-state index >= 15 is 0 Å². The van der Waals surface area contributed by atoms with Gasteiger partial charge in [0.2, 0.25) is 0 Å². The summed E-state index contributed by atoms with van der Waals surface area (Å²) in [6, 6.07) is 32.1. The van der Waals surface area contributed by atoms with Crippen LogP contribution in [0.1, 0.15) is 27.9 Å². The van der Waals surface area contributed by atoms with Crippen LogP contribution in [-0.2, 0) is 70.7 Å². The highest BCUT2D eigenvalue weighted by molar-refractivity contribution is 7.89. The molecule has 1 fully saturated rings. The normalized spacial score (nSPS) is 13.6. The summed E-state index contributed by atoms with van der Waals surface area (Å²) in [5.74, 6) is 2.82. The van der Waals surface area contributed by atoms with Gasteiger partial charge in [-0.2, -0.15) is 18.8 Å². The molecule has 0 saturated carbocycles. The van der Waals surface area contributed by atoms with Gasteiger partial charge in [-0.1, -0.05) is 48.5 Å². The van der Waals surface area contributed by atoms with Crippen molar-refractivity contribution < 1.29 is 45.6 Å². The molecule has 7 rings (SSSR count). The average Bonchev–Trinajstić information content (AvgIpc) is 3.90. The molecule has 18 heteroatoms. The first-order valence-electron chi connectivity index (χ1n) is 19.0. The van der Waals surface area contributed by atoms with Crippen LogP contribution in [-0.4, -0.2) is 91.8 Å². The Labute approximate surface area is 356 Å². The second kappa shape index (κ2) is 19.3. The molecule has 3 heterocycles. The Balaban J connectivity index is 0.000000207. The molecule has 1 aliphatic heterocycles. The van der Waals surface area contributed by atoms with E-state index < -0.39 is 25.6 Å². The first kappa shape index (κ1) is 44.8. The zero-order valence-electron chi connectivity index (χ0n) is 34.8. The largest absolute Gasteiger partial charge is 0.497 e. The number of aliphatic hydroxyl groups is 1. The maximum Gasteiger partial charge on any atom is 0.263 e. The molecule has 0 radical (unpaired) electrons. The van der Waals surface area contributed by atoms with E-state index in [9.17, 15) is 21.9 Å². The van der Waals surface area contributed by atoms with Crippen molar-refractivity contribution in [2.45, 2.75) is 41.8 Å². The highest BCUT2D eigenvalue weighted by Gasteiger charge is 2.42. The van der Waals surface area contributed by atoms with Crippen molar-refractivity contribution in [3.63, 3.8) is 0 Å². The van der Waals surface area contributed by atoms with Crippen LogP contribution in [0.25, 0.3) is 0 Å². The van der Waals surface area contributed by atoms with Crippen molar-refractivity contribution in [2.24, 2.45) is 14.1 Å². The summed E-state index contributed by atoms with van der Waals surface area (Å²) in [6.07, 6.45) is 1.62. The minimum absolute atomic E-state index is 0.0250. The molecule has 0 unspecified atom stereocenters. The monoisotopic (exact) mass is 874 g/mol. The second-order valence-electron chi connectivity index (χ2n) is 14.3. The number of rotatable bonds is 17. The fourth-order valence-electron chi connectivity index (χ4n) is 6.43. The Morgan fingerprint density at radius 2 is 0.918 bits per heavy atom. The Morgan fingerprint density at radius 3 is 1.20 bits per heavy atom. The summed E-state index contributed by atoms with van der Waals surface area (Å²) in [5, 5.41) is 18.8. The molecule has 0 aliphatic carbocycles. The van der Waals surface area contributed by atoms with Gasteiger partial charge in [-0.25, -0.2) is 16.8 Å². The molecule has 1 saturated heterocycles. The van der Waals surface area contributed by atoms with Gasteiger partial charge < -0.3 is 28.8 Å². The lowest BCUT2D eigenvalue weighted by molar-refractivity contribution is -0.188. The van der Waals surface area contributed by atoms with Gasteiger partial charge in [-0.15, -0.1) is 0 Å². The van der Waals surface area contributed by atoms with Gasteiger partial charge in [-0.3, -0.25) is 9.36 Å². The summed E-state index contributed by atoms with van der Waals surface area (Å²) in [7, 11) is 1.89. The molecule has 0 atom stereocenters. The summed E-state index contributed by atoms with van der Waals surface area (Å²) in [4.78, 5) is 0. The van der Waals surface area contributed by atoms with Crippen LogP contribution in [0.5, 0.6) is 23.0 Å². The third-order valence-corrected chi connectivity index (χ3v) is 13.3. The van der Waals surface area contributed by atoms with Crippen LogP contribution in [0.2, 0.25) is 0 Å². The topological polar surface area (TPSA) is 177 Å². The van der Waals surface area contributed by atoms with Gasteiger partial charge >= 0.3 is 0 Å². The Kier molecular flexibility index (Phi) is 14.2. The van der Waals surface area contributed by atoms with E-state index in [1.54, 1.807) is 73.0 Å². The van der Waals surface area contributed by atoms with Crippen molar-refractivity contribution in [1.82, 2.24) is 28.2 Å². The molecular weight excluding hydrogens is 825 g/mol. The molecule has 1 aliphatic rings. The smallest absolute Gasteiger partial charge is 0.263 e. The first-order chi connectivity index (χ1) is 29.2. The molecule has 6 aromatic rings. The van der Waals surface area contributed by atoms with Crippen LogP contribution in [0.4, 0.5) is 0 Å². The van der Waals surface area contributed by atoms with Gasteiger partial charge in [0.05, 0.1) is 47.3 Å². The summed E-state index contributed by atoms with van der Waals surface area (Å²) >= 11 is 0. The van der Waals surface area contributed by atoms with Gasteiger partial charge in [0.1, 0.15) is 23.0 Å². The fourth-order valence-corrected chi connectivity index (χ4v) is 9.19. The van der Waals surface area contributed by atoms with E-state index in [2.05, 4.69) is 10.2 Å². The van der Waals surface area contributed by atoms with Crippen molar-refractivity contribution in [2.75, 3.05) is 41.7 Å². The lowest BCUT2D eigenvalue weighted by Gasteiger charge is -2.35. The highest BCUT2D eigenvalue weighted by Crippen LogP contribution is 2.32. The maximum atomic E-state index is 13.7. The zero-order chi connectivity index (χ0) is 43.8. The van der Waals surface area contributed by atoms with Crippen LogP contribution in [0, 0.1) is 0 Å². The lowest BCUT2D eigenvalue weighted by atomic mass is 9.98. The van der Waals surface area contributed by atoms with Crippen LogP contribution in [0.15, 0.2) is 125 Å². The second-order valence-corrected chi connectivity index (χ2v) is 18.1. The van der Waals surface area contributed by atoms with E-state index in [4.69, 9.17) is 23.7 Å². The van der Waals surface area contributed by atoms with Crippen LogP contribution >= 0.6 is 0 Å². The van der Waals surface area contributed by atoms with Gasteiger partial charge in [0, 0.05) is 52.5 Å². The molecule has 1 N–H and O–H groups in total. The van der Waals surface area contributed by atoms with Gasteiger partial charge in [0.25, 0.3) is 20.0 Å². The third-order valence-electron chi connectivity index (χ3n) is 9.99. The number of aromatic nitrogens is 4. The molecule has 4 aromatic carbocycles. The molecular formula is C43H50N6O10S2. The molecule has 0 bridgehead atoms. The highest BCUT2D eigenvalue weighted by atomic mass is 32.2. The molecule has 16 nitrogen and oxygen atoms in total. The number of benzene rings is 4. The fraction of sp³-hybridized carbons (Fsp3) is 0.302. The summed E-state index contributed by atoms with van der Waals surface area (Å²) in [5.41, 5.74) is 2.49. The first-order valence-corrected chi connectivity index (χ1v) is 21.9. The molecule has 61 heavy (non-hydrogen) atoms. The predicted molar refractivity (Wildman–Crippen MR) is 226 cm³/mol. The van der Waals surface area contributed by atoms with Crippen molar-refractivity contribution in [3.05, 3.63) is 143 Å². The minimum Gasteiger partial charge on any atom is -0.497 e. The van der Waals surface area contributed by atoms with Crippen molar-refractivity contribution >= 4 is 20.0 Å². The molecule has 0 spiro atoms. The molecule has 2 aromatic heterocycles. The van der Waals surface area contributed by atoms with E-state index in [-0.39, 0.29) is 49.4 Å². The predicted octanol–water partition coefficient (Wildman–Crippen LogP) is 4.87. The number of sulfonamides is 2. The number of hydrogen-bond donors (Lipinski definition) is 1. The Morgan fingerprint density at radius 1 is 0.574 bits per heavy atom. The molecule has 324 valence electrons. The van der Waals surface area contributed by atoms with Crippen molar-refractivity contribution in [3.8, 4) is 23.0 Å². The number of ether oxygens (including phenoxy) is 5. The van der Waals surface area contributed by atoms with E-state index in [0.29, 0.717) is 17.2 Å². The quantitative estimate of drug-likeness (QED) is 0.132. The van der Waals surface area contributed by atoms with E-state index in [1.165, 1.54) is 30.1 Å². The summed E-state index contributed by atoms with van der Waals surface area (Å²) in [6.45, 7) is 0.917. The maximum absolute atomic E-state index is 13.7. The number of methoxy groups -OCH3 is 4. The van der Waals surface area contributed by atoms with Gasteiger partial charge in [-0.05, 0) is 76.9 Å². The third kappa shape index (κ3) is 10.8.